The van der Waals surface area contributed by atoms with Crippen molar-refractivity contribution in [2.45, 2.75) is 26.9 Å². The fraction of sp³-hybridized carbons (Fsp3) is 0.400. The average molecular weight is 357 g/mol. The largest absolute Gasteiger partial charge is 0.489 e. The number of benzene rings is 1. The molecule has 1 saturated heterocycles. The van der Waals surface area contributed by atoms with Gasteiger partial charge in [0.05, 0.1) is 11.7 Å². The molecule has 138 valence electrons. The van der Waals surface area contributed by atoms with Crippen LogP contribution in [-0.4, -0.2) is 35.0 Å². The SMILES string of the molecule is CC(C)C1(C(=O)O)CCN(C(=O)c2occc2COc2ccccc2)C1. The molecule has 1 aliphatic heterocycles. The van der Waals surface area contributed by atoms with Crippen LogP contribution in [0.15, 0.2) is 47.1 Å². The standard InChI is InChI=1S/C20H23NO5/c1-14(2)20(19(23)24)9-10-21(13-20)18(22)17-15(8-11-25-17)12-26-16-6-4-3-5-7-16/h3-8,11,14H,9-10,12-13H2,1-2H3,(H,23,24). The van der Waals surface area contributed by atoms with Gasteiger partial charge >= 0.3 is 5.97 Å². The van der Waals surface area contributed by atoms with Crippen molar-refractivity contribution in [3.8, 4) is 5.75 Å². The molecule has 2 aromatic rings. The lowest BCUT2D eigenvalue weighted by molar-refractivity contribution is -0.150. The van der Waals surface area contributed by atoms with Gasteiger partial charge in [-0.3, -0.25) is 9.59 Å². The number of hydrogen-bond acceptors (Lipinski definition) is 4. The summed E-state index contributed by atoms with van der Waals surface area (Å²) in [4.78, 5) is 26.2. The molecule has 0 saturated carbocycles. The first-order chi connectivity index (χ1) is 12.4. The van der Waals surface area contributed by atoms with Crippen LogP contribution < -0.4 is 4.74 Å². The number of para-hydroxylation sites is 1. The van der Waals surface area contributed by atoms with E-state index in [9.17, 15) is 14.7 Å². The molecule has 1 amide bonds. The number of rotatable bonds is 6. The van der Waals surface area contributed by atoms with E-state index in [-0.39, 0.29) is 30.7 Å². The Bertz CT molecular complexity index is 783. The molecule has 6 nitrogen and oxygen atoms in total. The van der Waals surface area contributed by atoms with Gasteiger partial charge in [-0.2, -0.15) is 0 Å². The van der Waals surface area contributed by atoms with Crippen LogP contribution in [0.5, 0.6) is 5.75 Å². The molecule has 0 spiro atoms. The van der Waals surface area contributed by atoms with Crippen LogP contribution in [-0.2, 0) is 11.4 Å². The number of likely N-dealkylation sites (tertiary alicyclic amines) is 1. The minimum atomic E-state index is -0.900. The smallest absolute Gasteiger partial charge is 0.311 e. The fourth-order valence-electron chi connectivity index (χ4n) is 3.36. The Morgan fingerprint density at radius 3 is 2.62 bits per heavy atom. The maximum Gasteiger partial charge on any atom is 0.311 e. The van der Waals surface area contributed by atoms with Gasteiger partial charge in [0, 0.05) is 18.7 Å². The summed E-state index contributed by atoms with van der Waals surface area (Å²) < 4.78 is 11.1. The van der Waals surface area contributed by atoms with Gasteiger partial charge in [-0.1, -0.05) is 32.0 Å². The molecule has 1 N–H and O–H groups in total. The molecular weight excluding hydrogens is 334 g/mol. The van der Waals surface area contributed by atoms with Crippen molar-refractivity contribution in [3.63, 3.8) is 0 Å². The summed E-state index contributed by atoms with van der Waals surface area (Å²) >= 11 is 0. The Hall–Kier alpha value is -2.76. The van der Waals surface area contributed by atoms with Crippen molar-refractivity contribution in [3.05, 3.63) is 54.0 Å². The van der Waals surface area contributed by atoms with E-state index in [2.05, 4.69) is 0 Å². The molecule has 1 aromatic carbocycles. The molecule has 26 heavy (non-hydrogen) atoms. The van der Waals surface area contributed by atoms with E-state index >= 15 is 0 Å². The fourth-order valence-corrected chi connectivity index (χ4v) is 3.36. The quantitative estimate of drug-likeness (QED) is 0.857. The number of ether oxygens (including phenoxy) is 1. The van der Waals surface area contributed by atoms with Gasteiger partial charge in [0.25, 0.3) is 5.91 Å². The molecule has 0 bridgehead atoms. The number of furan rings is 1. The van der Waals surface area contributed by atoms with E-state index in [4.69, 9.17) is 9.15 Å². The number of hydrogen-bond donors (Lipinski definition) is 1. The number of aliphatic carboxylic acids is 1. The minimum absolute atomic E-state index is 0.0599. The van der Waals surface area contributed by atoms with E-state index in [1.165, 1.54) is 6.26 Å². The second-order valence-corrected chi connectivity index (χ2v) is 6.97. The molecule has 0 aliphatic carbocycles. The maximum absolute atomic E-state index is 12.9. The summed E-state index contributed by atoms with van der Waals surface area (Å²) in [5.41, 5.74) is -0.251. The van der Waals surface area contributed by atoms with Crippen LogP contribution in [0.1, 0.15) is 36.4 Å². The summed E-state index contributed by atoms with van der Waals surface area (Å²) in [6.45, 7) is 4.58. The van der Waals surface area contributed by atoms with E-state index in [0.717, 1.165) is 0 Å². The third-order valence-corrected chi connectivity index (χ3v) is 5.20. The monoisotopic (exact) mass is 357 g/mol. The zero-order valence-corrected chi connectivity index (χ0v) is 15.0. The zero-order valence-electron chi connectivity index (χ0n) is 15.0. The maximum atomic E-state index is 12.9. The van der Waals surface area contributed by atoms with Crippen molar-refractivity contribution < 1.29 is 23.8 Å². The molecule has 1 aromatic heterocycles. The second kappa shape index (κ2) is 7.23. The molecule has 6 heteroatoms. The number of carbonyl (C=O) groups is 2. The summed E-state index contributed by atoms with van der Waals surface area (Å²) in [5.74, 6) is -0.278. The Labute approximate surface area is 152 Å². The number of carbonyl (C=O) groups excluding carboxylic acids is 1. The van der Waals surface area contributed by atoms with Gasteiger partial charge in [-0.15, -0.1) is 0 Å². The number of nitrogens with zero attached hydrogens (tertiary/aromatic N) is 1. The second-order valence-electron chi connectivity index (χ2n) is 6.97. The molecule has 1 unspecified atom stereocenters. The van der Waals surface area contributed by atoms with Crippen LogP contribution in [0.4, 0.5) is 0 Å². The summed E-state index contributed by atoms with van der Waals surface area (Å²) in [5, 5.41) is 9.65. The van der Waals surface area contributed by atoms with Crippen molar-refractivity contribution in [1.29, 1.82) is 0 Å². The first kappa shape index (κ1) is 18.0. The first-order valence-corrected chi connectivity index (χ1v) is 8.71. The highest BCUT2D eigenvalue weighted by Gasteiger charge is 2.49. The molecule has 3 rings (SSSR count). The Morgan fingerprint density at radius 1 is 1.27 bits per heavy atom. The molecule has 1 atom stereocenters. The molecular formula is C20H23NO5. The third-order valence-electron chi connectivity index (χ3n) is 5.20. The number of carboxylic acids is 1. The van der Waals surface area contributed by atoms with Gasteiger partial charge in [0.1, 0.15) is 12.4 Å². The van der Waals surface area contributed by atoms with Crippen LogP contribution in [0.25, 0.3) is 0 Å². The van der Waals surface area contributed by atoms with Gasteiger partial charge < -0.3 is 19.2 Å². The first-order valence-electron chi connectivity index (χ1n) is 8.71. The predicted molar refractivity (Wildman–Crippen MR) is 94.9 cm³/mol. The Kier molecular flexibility index (Phi) is 5.02. The lowest BCUT2D eigenvalue weighted by atomic mass is 9.76. The van der Waals surface area contributed by atoms with Crippen molar-refractivity contribution >= 4 is 11.9 Å². The average Bonchev–Trinajstić information content (AvgIpc) is 3.28. The summed E-state index contributed by atoms with van der Waals surface area (Å²) in [7, 11) is 0. The molecule has 2 heterocycles. The van der Waals surface area contributed by atoms with Gasteiger partial charge in [-0.05, 0) is 30.5 Å². The van der Waals surface area contributed by atoms with Gasteiger partial charge in [-0.25, -0.2) is 0 Å². The van der Waals surface area contributed by atoms with E-state index < -0.39 is 11.4 Å². The highest BCUT2D eigenvalue weighted by molar-refractivity contribution is 5.93. The lowest BCUT2D eigenvalue weighted by Gasteiger charge is -2.28. The van der Waals surface area contributed by atoms with E-state index in [1.807, 2.05) is 44.2 Å². The van der Waals surface area contributed by atoms with Crippen LogP contribution >= 0.6 is 0 Å². The molecule has 0 radical (unpaired) electrons. The van der Waals surface area contributed by atoms with Gasteiger partial charge in [0.2, 0.25) is 0 Å². The summed E-state index contributed by atoms with van der Waals surface area (Å²) in [6, 6.07) is 11.0. The highest BCUT2D eigenvalue weighted by Crippen LogP contribution is 2.38. The molecule has 1 aliphatic rings. The summed E-state index contributed by atoms with van der Waals surface area (Å²) in [6.07, 6.45) is 1.90. The number of carboxylic acid groups (broad SMARTS) is 1. The van der Waals surface area contributed by atoms with Crippen molar-refractivity contribution in [2.75, 3.05) is 13.1 Å². The minimum Gasteiger partial charge on any atom is -0.489 e. The topological polar surface area (TPSA) is 80.0 Å². The van der Waals surface area contributed by atoms with Crippen LogP contribution in [0, 0.1) is 11.3 Å². The highest BCUT2D eigenvalue weighted by atomic mass is 16.5. The normalized spacial score (nSPS) is 19.7. The lowest BCUT2D eigenvalue weighted by Crippen LogP contribution is -2.40. The predicted octanol–water partition coefficient (Wildman–Crippen LogP) is 3.43. The Morgan fingerprint density at radius 2 is 2.00 bits per heavy atom. The van der Waals surface area contributed by atoms with Crippen molar-refractivity contribution in [1.82, 2.24) is 4.90 Å². The third kappa shape index (κ3) is 3.31. The number of amides is 1. The van der Waals surface area contributed by atoms with Crippen LogP contribution in [0.2, 0.25) is 0 Å². The van der Waals surface area contributed by atoms with Gasteiger partial charge in [0.15, 0.2) is 5.76 Å². The molecule has 1 fully saturated rings. The zero-order chi connectivity index (χ0) is 18.7. The van der Waals surface area contributed by atoms with E-state index in [0.29, 0.717) is 24.3 Å². The Balaban J connectivity index is 1.72. The van der Waals surface area contributed by atoms with E-state index in [1.54, 1.807) is 11.0 Å². The van der Waals surface area contributed by atoms with Crippen LogP contribution in [0.3, 0.4) is 0 Å². The van der Waals surface area contributed by atoms with Crippen molar-refractivity contribution in [2.24, 2.45) is 11.3 Å².